The van der Waals surface area contributed by atoms with Crippen LogP contribution in [0.4, 0.5) is 4.79 Å². The van der Waals surface area contributed by atoms with E-state index in [0.717, 1.165) is 11.1 Å². The van der Waals surface area contributed by atoms with Gasteiger partial charge in [-0.15, -0.1) is 0 Å². The Balaban J connectivity index is 1.85. The van der Waals surface area contributed by atoms with Crippen LogP contribution < -0.4 is 0 Å². The highest BCUT2D eigenvalue weighted by atomic mass is 28.4. The van der Waals surface area contributed by atoms with E-state index in [4.69, 9.17) is 13.9 Å². The van der Waals surface area contributed by atoms with E-state index in [1.165, 1.54) is 0 Å². The van der Waals surface area contributed by atoms with Gasteiger partial charge < -0.3 is 13.9 Å². The van der Waals surface area contributed by atoms with Crippen molar-refractivity contribution in [2.45, 2.75) is 58.0 Å². The largest absolute Gasteiger partial charge is 0.530 e. The van der Waals surface area contributed by atoms with Crippen molar-refractivity contribution >= 4 is 14.4 Å². The highest BCUT2D eigenvalue weighted by Gasteiger charge is 2.44. The highest BCUT2D eigenvalue weighted by Crippen LogP contribution is 2.39. The molecule has 0 radical (unpaired) electrons. The second-order valence-corrected chi connectivity index (χ2v) is 14.1. The summed E-state index contributed by atoms with van der Waals surface area (Å²) in [7, 11) is -2.21. The minimum atomic E-state index is -2.21. The Labute approximate surface area is 186 Å². The summed E-state index contributed by atoms with van der Waals surface area (Å²) in [6.07, 6.45) is 1.87. The lowest BCUT2D eigenvalue weighted by Crippen LogP contribution is -2.45. The Morgan fingerprint density at radius 2 is 1.65 bits per heavy atom. The zero-order valence-corrected chi connectivity index (χ0v) is 20.1. The van der Waals surface area contributed by atoms with Gasteiger partial charge >= 0.3 is 6.09 Å². The maximum absolute atomic E-state index is 12.7. The van der Waals surface area contributed by atoms with Gasteiger partial charge in [-0.1, -0.05) is 81.4 Å². The molecule has 1 amide bonds. The topological polar surface area (TPSA) is 48.0 Å². The quantitative estimate of drug-likeness (QED) is 0.369. The average Bonchev–Trinajstić information content (AvgIpc) is 3.08. The number of hydrogen-bond donors (Lipinski definition) is 0. The van der Waals surface area contributed by atoms with Gasteiger partial charge in [0.2, 0.25) is 5.88 Å². The Bertz CT molecular complexity index is 891. The molecule has 0 saturated carbocycles. The fraction of sp³-hybridized carbons (Fsp3) is 0.400. The van der Waals surface area contributed by atoms with Gasteiger partial charge in [0.05, 0.1) is 6.04 Å². The minimum absolute atomic E-state index is 0.0237. The van der Waals surface area contributed by atoms with Crippen LogP contribution >= 0.6 is 0 Å². The fourth-order valence-electron chi connectivity index (χ4n) is 3.09. The molecule has 0 bridgehead atoms. The summed E-state index contributed by atoms with van der Waals surface area (Å²) >= 11 is 0. The Morgan fingerprint density at radius 1 is 1.06 bits per heavy atom. The minimum Gasteiger partial charge on any atom is -0.530 e. The number of cyclic esters (lactones) is 1. The number of carbonyl (C=O) groups is 1. The molecule has 1 aliphatic heterocycles. The molecule has 0 N–H and O–H groups in total. The summed E-state index contributed by atoms with van der Waals surface area (Å²) in [5, 5.41) is -0.0237. The molecule has 2 aromatic rings. The summed E-state index contributed by atoms with van der Waals surface area (Å²) in [6.45, 7) is 11.6. The van der Waals surface area contributed by atoms with Crippen molar-refractivity contribution in [2.24, 2.45) is 0 Å². The van der Waals surface area contributed by atoms with Gasteiger partial charge in [-0.3, -0.25) is 0 Å². The molecule has 3 rings (SSSR count). The molecule has 5 nitrogen and oxygen atoms in total. The first-order valence-corrected chi connectivity index (χ1v) is 13.6. The van der Waals surface area contributed by atoms with Crippen molar-refractivity contribution in [1.29, 1.82) is 0 Å². The van der Waals surface area contributed by atoms with Crippen LogP contribution in [0, 0.1) is 0 Å². The van der Waals surface area contributed by atoms with E-state index in [0.29, 0.717) is 25.5 Å². The van der Waals surface area contributed by atoms with E-state index >= 15 is 0 Å². The first kappa shape index (κ1) is 22.9. The van der Waals surface area contributed by atoms with Crippen LogP contribution in [0.25, 0.3) is 0 Å². The van der Waals surface area contributed by atoms with Crippen LogP contribution in [0.1, 0.15) is 31.9 Å². The van der Waals surface area contributed by atoms with Crippen molar-refractivity contribution in [3.05, 3.63) is 83.9 Å². The van der Waals surface area contributed by atoms with Crippen LogP contribution in [0.3, 0.4) is 0 Å². The van der Waals surface area contributed by atoms with E-state index < -0.39 is 14.4 Å². The Kier molecular flexibility index (Phi) is 7.10. The van der Waals surface area contributed by atoms with Crippen LogP contribution in [0.2, 0.25) is 18.1 Å². The molecule has 1 heterocycles. The second-order valence-electron chi connectivity index (χ2n) is 9.41. The van der Waals surface area contributed by atoms with Gasteiger partial charge in [-0.25, -0.2) is 9.69 Å². The number of benzene rings is 2. The molecule has 0 unspecified atom stereocenters. The Morgan fingerprint density at radius 3 is 2.23 bits per heavy atom. The molecule has 1 aliphatic rings. The van der Waals surface area contributed by atoms with Crippen molar-refractivity contribution in [3.63, 3.8) is 0 Å². The molecule has 1 saturated heterocycles. The lowest BCUT2D eigenvalue weighted by atomic mass is 10.1. The summed E-state index contributed by atoms with van der Waals surface area (Å²) in [4.78, 5) is 14.4. The predicted molar refractivity (Wildman–Crippen MR) is 125 cm³/mol. The van der Waals surface area contributed by atoms with E-state index in [-0.39, 0.29) is 11.1 Å². The van der Waals surface area contributed by atoms with Crippen LogP contribution in [0.5, 0.6) is 0 Å². The normalized spacial score (nSPS) is 17.5. The molecule has 166 valence electrons. The molecule has 2 aromatic carbocycles. The van der Waals surface area contributed by atoms with Gasteiger partial charge in [0.15, 0.2) is 0 Å². The summed E-state index contributed by atoms with van der Waals surface area (Å²) in [5.41, 5.74) is 2.20. The van der Waals surface area contributed by atoms with Gasteiger partial charge in [0.25, 0.3) is 8.32 Å². The molecule has 1 fully saturated rings. The summed E-state index contributed by atoms with van der Waals surface area (Å²) in [6, 6.07) is 19.9. The lowest BCUT2D eigenvalue weighted by Gasteiger charge is -2.39. The standard InChI is InChI=1S/C25H33NO4Si/c1-25(2,3)31(4,5)30-23(19-28-17-21-14-10-7-11-15-21)26-22(18-29-24(26)27)16-20-12-8-6-9-13-20/h6-15,19,22H,16-18H2,1-5H3/b23-19-/t22-/m1/s1. The van der Waals surface area contributed by atoms with Gasteiger partial charge in [0, 0.05) is 0 Å². The number of ether oxygens (including phenoxy) is 2. The number of hydrogen-bond acceptors (Lipinski definition) is 4. The molecule has 0 aliphatic carbocycles. The molecule has 0 spiro atoms. The van der Waals surface area contributed by atoms with E-state index in [9.17, 15) is 4.79 Å². The van der Waals surface area contributed by atoms with Crippen molar-refractivity contribution in [3.8, 4) is 0 Å². The van der Waals surface area contributed by atoms with E-state index in [1.54, 1.807) is 11.2 Å². The van der Waals surface area contributed by atoms with Gasteiger partial charge in [-0.05, 0) is 35.7 Å². The van der Waals surface area contributed by atoms with Crippen molar-refractivity contribution in [1.82, 2.24) is 4.90 Å². The fourth-order valence-corrected chi connectivity index (χ4v) is 4.07. The Hall–Kier alpha value is -2.73. The molecule has 31 heavy (non-hydrogen) atoms. The monoisotopic (exact) mass is 439 g/mol. The number of amides is 1. The molecular weight excluding hydrogens is 406 g/mol. The summed E-state index contributed by atoms with van der Waals surface area (Å²) < 4.78 is 17.9. The lowest BCUT2D eigenvalue weighted by molar-refractivity contribution is 0.138. The van der Waals surface area contributed by atoms with Crippen LogP contribution in [-0.2, 0) is 26.9 Å². The third kappa shape index (κ3) is 5.91. The van der Waals surface area contributed by atoms with Gasteiger partial charge in [-0.2, -0.15) is 0 Å². The first-order chi connectivity index (χ1) is 14.7. The molecule has 1 atom stereocenters. The molecule has 0 aromatic heterocycles. The summed E-state index contributed by atoms with van der Waals surface area (Å²) in [5.74, 6) is 0.436. The van der Waals surface area contributed by atoms with Crippen molar-refractivity contribution in [2.75, 3.05) is 6.61 Å². The van der Waals surface area contributed by atoms with Crippen LogP contribution in [0.15, 0.2) is 72.8 Å². The molecular formula is C25H33NO4Si. The average molecular weight is 440 g/mol. The zero-order valence-electron chi connectivity index (χ0n) is 19.1. The second kappa shape index (κ2) is 9.60. The highest BCUT2D eigenvalue weighted by molar-refractivity contribution is 6.74. The van der Waals surface area contributed by atoms with E-state index in [2.05, 4.69) is 46.0 Å². The third-order valence-corrected chi connectivity index (χ3v) is 10.3. The maximum Gasteiger partial charge on any atom is 0.417 e. The predicted octanol–water partition coefficient (Wildman–Crippen LogP) is 6.09. The van der Waals surface area contributed by atoms with Crippen molar-refractivity contribution < 1.29 is 18.7 Å². The van der Waals surface area contributed by atoms with E-state index in [1.807, 2.05) is 48.5 Å². The zero-order chi connectivity index (χ0) is 22.5. The number of rotatable bonds is 8. The van der Waals surface area contributed by atoms with Crippen LogP contribution in [-0.4, -0.2) is 32.0 Å². The third-order valence-electron chi connectivity index (χ3n) is 5.96. The number of carbonyl (C=O) groups excluding carboxylic acids is 1. The first-order valence-electron chi connectivity index (χ1n) is 10.7. The molecule has 6 heteroatoms. The SMILES string of the molecule is CC(C)(C)[Si](C)(C)O/C(=C\OCc1ccccc1)N1C(=O)OC[C@H]1Cc1ccccc1. The number of nitrogens with zero attached hydrogens (tertiary/aromatic N) is 1. The van der Waals surface area contributed by atoms with Gasteiger partial charge in [0.1, 0.15) is 19.5 Å². The maximum atomic E-state index is 12.7. The smallest absolute Gasteiger partial charge is 0.417 e.